The molecular weight excluding hydrogens is 447 g/mol. The fourth-order valence-corrected chi connectivity index (χ4v) is 3.60. The van der Waals surface area contributed by atoms with Gasteiger partial charge in [0.1, 0.15) is 5.58 Å². The molecule has 156 valence electrons. The van der Waals surface area contributed by atoms with Crippen molar-refractivity contribution in [3.63, 3.8) is 0 Å². The minimum Gasteiger partial charge on any atom is -0.478 e. The molecule has 1 heterocycles. The number of ether oxygens (including phenoxy) is 1. The van der Waals surface area contributed by atoms with Crippen molar-refractivity contribution < 1.29 is 23.8 Å². The normalized spacial score (nSPS) is 11.9. The molecule has 0 aliphatic rings. The Morgan fingerprint density at radius 1 is 1.13 bits per heavy atom. The van der Waals surface area contributed by atoms with Crippen molar-refractivity contribution >= 4 is 63.8 Å². The summed E-state index contributed by atoms with van der Waals surface area (Å²) in [5.74, 6) is -1.17. The number of allylic oxidation sites excluding steroid dienone is 1. The second-order valence-corrected chi connectivity index (χ2v) is 8.64. The molecule has 0 unspecified atom stereocenters. The number of carbonyl (C=O) groups is 2. The Kier molecular flexibility index (Phi) is 6.50. The molecule has 1 N–H and O–H groups in total. The van der Waals surface area contributed by atoms with Crippen molar-refractivity contribution in [1.82, 2.24) is 0 Å². The van der Waals surface area contributed by atoms with Crippen LogP contribution in [0.3, 0.4) is 0 Å². The number of rotatable bonds is 7. The summed E-state index contributed by atoms with van der Waals surface area (Å²) < 4.78 is 11.1. The number of hydrogen-bond acceptors (Lipinski definition) is 5. The first-order valence-corrected chi connectivity index (χ1v) is 10.8. The predicted octanol–water partition coefficient (Wildman–Crippen LogP) is 6.60. The van der Waals surface area contributed by atoms with Gasteiger partial charge in [0.25, 0.3) is 0 Å². The Hall–Kier alpha value is -2.41. The lowest BCUT2D eigenvalue weighted by Gasteiger charge is -2.23. The summed E-state index contributed by atoms with van der Waals surface area (Å²) in [5.41, 5.74) is -0.301. The highest BCUT2D eigenvalue weighted by atomic mass is 35.5. The highest BCUT2D eigenvalue weighted by Gasteiger charge is 2.31. The molecule has 0 spiro atoms. The maximum Gasteiger partial charge on any atom is 0.347 e. The summed E-state index contributed by atoms with van der Waals surface area (Å²) in [6.07, 6.45) is 4.87. The molecule has 3 rings (SSSR count). The first-order valence-electron chi connectivity index (χ1n) is 8.82. The van der Waals surface area contributed by atoms with E-state index in [1.165, 1.54) is 32.1 Å². The zero-order valence-corrected chi connectivity index (χ0v) is 18.7. The second kappa shape index (κ2) is 8.76. The monoisotopic (exact) mass is 464 g/mol. The SMILES string of the molecule is CSc1ccc2cc(C(=O)C=Cc3cc(Cl)c(OC(C)(C)C(=O)O)c(Cl)c3)oc2c1. The standard InChI is InChI=1S/C22H18Cl2O5S/c1-22(2,21(26)27)29-20-15(23)8-12(9-16(20)24)4-7-17(25)19-10-13-5-6-14(30-3)11-18(13)28-19/h4-11H,1-3H3,(H,26,27). The zero-order valence-electron chi connectivity index (χ0n) is 16.4. The summed E-state index contributed by atoms with van der Waals surface area (Å²) in [4.78, 5) is 24.8. The molecule has 0 fully saturated rings. The Morgan fingerprint density at radius 3 is 2.40 bits per heavy atom. The molecule has 2 aromatic carbocycles. The highest BCUT2D eigenvalue weighted by Crippen LogP contribution is 2.37. The third-order valence-corrected chi connectivity index (χ3v) is 5.58. The quantitative estimate of drug-likeness (QED) is 0.241. The van der Waals surface area contributed by atoms with Crippen molar-refractivity contribution in [2.75, 3.05) is 6.26 Å². The Labute approximate surface area is 187 Å². The van der Waals surface area contributed by atoms with E-state index >= 15 is 0 Å². The van der Waals surface area contributed by atoms with Crippen LogP contribution in [-0.4, -0.2) is 28.7 Å². The second-order valence-electron chi connectivity index (χ2n) is 6.94. The summed E-state index contributed by atoms with van der Waals surface area (Å²) in [6, 6.07) is 10.5. The van der Waals surface area contributed by atoms with Gasteiger partial charge in [0.2, 0.25) is 5.78 Å². The van der Waals surface area contributed by atoms with Crippen LogP contribution < -0.4 is 4.74 Å². The fourth-order valence-electron chi connectivity index (χ4n) is 2.59. The lowest BCUT2D eigenvalue weighted by molar-refractivity contribution is -0.152. The van der Waals surface area contributed by atoms with Crippen molar-refractivity contribution in [2.24, 2.45) is 0 Å². The van der Waals surface area contributed by atoms with Gasteiger partial charge >= 0.3 is 5.97 Å². The van der Waals surface area contributed by atoms with E-state index < -0.39 is 11.6 Å². The highest BCUT2D eigenvalue weighted by molar-refractivity contribution is 7.98. The molecule has 0 saturated heterocycles. The molecule has 0 saturated carbocycles. The maximum atomic E-state index is 12.5. The van der Waals surface area contributed by atoms with Gasteiger partial charge in [-0.25, -0.2) is 4.79 Å². The van der Waals surface area contributed by atoms with Gasteiger partial charge in [-0.2, -0.15) is 0 Å². The van der Waals surface area contributed by atoms with E-state index in [4.69, 9.17) is 32.4 Å². The summed E-state index contributed by atoms with van der Waals surface area (Å²) in [7, 11) is 0. The van der Waals surface area contributed by atoms with E-state index in [0.717, 1.165) is 10.3 Å². The summed E-state index contributed by atoms with van der Waals surface area (Å²) in [5, 5.41) is 10.3. The molecule has 0 bridgehead atoms. The number of carbonyl (C=O) groups excluding carboxylic acids is 1. The Balaban J connectivity index is 1.82. The Morgan fingerprint density at radius 2 is 1.80 bits per heavy atom. The minimum atomic E-state index is -1.50. The van der Waals surface area contributed by atoms with Crippen LogP contribution in [0.2, 0.25) is 10.0 Å². The molecule has 0 amide bonds. The van der Waals surface area contributed by atoms with E-state index in [1.54, 1.807) is 23.9 Å². The van der Waals surface area contributed by atoms with Crippen LogP contribution in [-0.2, 0) is 4.79 Å². The largest absolute Gasteiger partial charge is 0.478 e. The number of hydrogen-bond donors (Lipinski definition) is 1. The average Bonchev–Trinajstić information content (AvgIpc) is 3.12. The van der Waals surface area contributed by atoms with Gasteiger partial charge in [0, 0.05) is 10.3 Å². The number of carboxylic acids is 1. The predicted molar refractivity (Wildman–Crippen MR) is 120 cm³/mol. The molecule has 5 nitrogen and oxygen atoms in total. The molecule has 0 atom stereocenters. The van der Waals surface area contributed by atoms with Crippen LogP contribution in [0.15, 0.2) is 51.8 Å². The van der Waals surface area contributed by atoms with E-state index in [1.807, 2.05) is 24.5 Å². The topological polar surface area (TPSA) is 76.7 Å². The van der Waals surface area contributed by atoms with Crippen LogP contribution in [0.25, 0.3) is 17.0 Å². The van der Waals surface area contributed by atoms with Gasteiger partial charge in [-0.1, -0.05) is 29.3 Å². The van der Waals surface area contributed by atoms with Crippen molar-refractivity contribution in [3.8, 4) is 5.75 Å². The first-order chi connectivity index (χ1) is 14.1. The number of halogens is 2. The maximum absolute atomic E-state index is 12.5. The molecular formula is C22H18Cl2O5S. The van der Waals surface area contributed by atoms with E-state index in [9.17, 15) is 14.7 Å². The number of ketones is 1. The minimum absolute atomic E-state index is 0.0658. The van der Waals surface area contributed by atoms with Gasteiger partial charge in [-0.15, -0.1) is 11.8 Å². The van der Waals surface area contributed by atoms with Gasteiger partial charge in [0.15, 0.2) is 17.1 Å². The number of benzene rings is 2. The fraction of sp³-hybridized carbons (Fsp3) is 0.182. The number of carboxylic acid groups (broad SMARTS) is 1. The van der Waals surface area contributed by atoms with Gasteiger partial charge in [0.05, 0.1) is 10.0 Å². The molecule has 30 heavy (non-hydrogen) atoms. The number of thioether (sulfide) groups is 1. The van der Waals surface area contributed by atoms with Crippen LogP contribution in [0.5, 0.6) is 5.75 Å². The smallest absolute Gasteiger partial charge is 0.347 e. The van der Waals surface area contributed by atoms with Crippen molar-refractivity contribution in [2.45, 2.75) is 24.3 Å². The van der Waals surface area contributed by atoms with Crippen LogP contribution >= 0.6 is 35.0 Å². The summed E-state index contributed by atoms with van der Waals surface area (Å²) in [6.45, 7) is 2.79. The molecule has 1 aromatic heterocycles. The third-order valence-electron chi connectivity index (χ3n) is 4.29. The number of aliphatic carboxylic acids is 1. The lowest BCUT2D eigenvalue weighted by Crippen LogP contribution is -2.38. The Bertz CT molecular complexity index is 1140. The molecule has 8 heteroatoms. The number of fused-ring (bicyclic) bond motifs is 1. The zero-order chi connectivity index (χ0) is 22.1. The van der Waals surface area contributed by atoms with Gasteiger partial charge < -0.3 is 14.3 Å². The van der Waals surface area contributed by atoms with Crippen molar-refractivity contribution in [3.05, 3.63) is 63.8 Å². The van der Waals surface area contributed by atoms with Crippen LogP contribution in [0.4, 0.5) is 0 Å². The molecule has 3 aromatic rings. The third kappa shape index (κ3) is 4.83. The molecule has 0 aliphatic heterocycles. The van der Waals surface area contributed by atoms with Crippen LogP contribution in [0, 0.1) is 0 Å². The first kappa shape index (κ1) is 22.3. The number of furan rings is 1. The average molecular weight is 465 g/mol. The summed E-state index contributed by atoms with van der Waals surface area (Å²) >= 11 is 14.0. The molecule has 0 radical (unpaired) electrons. The lowest BCUT2D eigenvalue weighted by atomic mass is 10.1. The van der Waals surface area contributed by atoms with Crippen molar-refractivity contribution in [1.29, 1.82) is 0 Å². The van der Waals surface area contributed by atoms with Gasteiger partial charge in [-0.3, -0.25) is 4.79 Å². The van der Waals surface area contributed by atoms with E-state index in [2.05, 4.69) is 0 Å². The molecule has 0 aliphatic carbocycles. The van der Waals surface area contributed by atoms with Gasteiger partial charge in [-0.05, 0) is 68.1 Å². The van der Waals surface area contributed by atoms with E-state index in [-0.39, 0.29) is 27.3 Å². The van der Waals surface area contributed by atoms with Crippen LogP contribution in [0.1, 0.15) is 30.0 Å². The van der Waals surface area contributed by atoms with E-state index in [0.29, 0.717) is 11.1 Å².